The van der Waals surface area contributed by atoms with Crippen LogP contribution in [0.1, 0.15) is 31.6 Å². The molecule has 1 N–H and O–H groups in total. The summed E-state index contributed by atoms with van der Waals surface area (Å²) < 4.78 is 5.06. The Morgan fingerprint density at radius 1 is 1.50 bits per heavy atom. The van der Waals surface area contributed by atoms with Crippen molar-refractivity contribution >= 4 is 17.3 Å². The van der Waals surface area contributed by atoms with Crippen LogP contribution in [0.4, 0.5) is 0 Å². The van der Waals surface area contributed by atoms with E-state index in [1.54, 1.807) is 6.07 Å². The summed E-state index contributed by atoms with van der Waals surface area (Å²) in [5.74, 6) is -0.0854. The Bertz CT molecular complexity index is 508. The molecule has 2 aromatic heterocycles. The third-order valence-corrected chi connectivity index (χ3v) is 3.48. The maximum Gasteiger partial charge on any atom is 0.345 e. The Kier molecular flexibility index (Phi) is 2.78. The lowest BCUT2D eigenvalue weighted by Crippen LogP contribution is -1.90. The van der Waals surface area contributed by atoms with Gasteiger partial charge in [0.25, 0.3) is 0 Å². The van der Waals surface area contributed by atoms with Crippen molar-refractivity contribution in [3.63, 3.8) is 0 Å². The molecule has 2 aromatic rings. The molecular weight excluding hydrogens is 226 g/mol. The maximum atomic E-state index is 10.7. The Balaban J connectivity index is 2.24. The van der Waals surface area contributed by atoms with Gasteiger partial charge in [0.1, 0.15) is 10.6 Å². The van der Waals surface area contributed by atoms with E-state index in [0.29, 0.717) is 11.3 Å². The summed E-state index contributed by atoms with van der Waals surface area (Å²) in [5, 5.41) is 12.7. The van der Waals surface area contributed by atoms with E-state index >= 15 is 0 Å². The molecule has 4 nitrogen and oxygen atoms in total. The van der Waals surface area contributed by atoms with Crippen LogP contribution in [0.2, 0.25) is 0 Å². The Morgan fingerprint density at radius 2 is 2.25 bits per heavy atom. The Morgan fingerprint density at radius 3 is 2.75 bits per heavy atom. The van der Waals surface area contributed by atoms with Gasteiger partial charge < -0.3 is 9.63 Å². The van der Waals surface area contributed by atoms with Gasteiger partial charge in [-0.3, -0.25) is 0 Å². The largest absolute Gasteiger partial charge is 0.477 e. The Labute approximate surface area is 96.5 Å². The molecule has 2 rings (SSSR count). The average Bonchev–Trinajstić information content (AvgIpc) is 2.80. The number of thiophene rings is 1. The number of aryl methyl sites for hydroxylation is 2. The first-order valence-corrected chi connectivity index (χ1v) is 5.63. The Hall–Kier alpha value is -1.62. The number of aromatic nitrogens is 1. The molecule has 0 aromatic carbocycles. The van der Waals surface area contributed by atoms with Crippen molar-refractivity contribution in [3.05, 3.63) is 38.9 Å². The SMILES string of the molecule is Cc1noc(C)c1Cc1ccc(C(=O)O)s1. The number of carboxylic acid groups (broad SMARTS) is 1. The molecule has 0 saturated heterocycles. The van der Waals surface area contributed by atoms with Crippen LogP contribution in [0.3, 0.4) is 0 Å². The summed E-state index contributed by atoms with van der Waals surface area (Å²) in [7, 11) is 0. The second kappa shape index (κ2) is 4.09. The fraction of sp³-hybridized carbons (Fsp3) is 0.273. The predicted molar refractivity (Wildman–Crippen MR) is 60.1 cm³/mol. The number of aromatic carboxylic acids is 1. The summed E-state index contributed by atoms with van der Waals surface area (Å²) >= 11 is 1.29. The highest BCUT2D eigenvalue weighted by atomic mass is 32.1. The van der Waals surface area contributed by atoms with Crippen molar-refractivity contribution < 1.29 is 14.4 Å². The van der Waals surface area contributed by atoms with E-state index < -0.39 is 5.97 Å². The second-order valence-electron chi connectivity index (χ2n) is 3.55. The molecule has 0 aliphatic heterocycles. The molecule has 0 spiro atoms. The van der Waals surface area contributed by atoms with Crippen LogP contribution in [0.15, 0.2) is 16.7 Å². The lowest BCUT2D eigenvalue weighted by atomic mass is 10.1. The van der Waals surface area contributed by atoms with Gasteiger partial charge in [0.05, 0.1) is 5.69 Å². The smallest absolute Gasteiger partial charge is 0.345 e. The van der Waals surface area contributed by atoms with Crippen LogP contribution < -0.4 is 0 Å². The molecule has 0 atom stereocenters. The van der Waals surface area contributed by atoms with E-state index in [1.807, 2.05) is 19.9 Å². The van der Waals surface area contributed by atoms with Crippen molar-refractivity contribution in [1.29, 1.82) is 0 Å². The van der Waals surface area contributed by atoms with Crippen LogP contribution in [-0.2, 0) is 6.42 Å². The lowest BCUT2D eigenvalue weighted by molar-refractivity contribution is 0.0702. The molecular formula is C11H11NO3S. The molecule has 0 radical (unpaired) electrons. The van der Waals surface area contributed by atoms with E-state index in [9.17, 15) is 4.79 Å². The number of carbonyl (C=O) groups is 1. The summed E-state index contributed by atoms with van der Waals surface area (Å²) in [5.41, 5.74) is 1.90. The van der Waals surface area contributed by atoms with Gasteiger partial charge in [-0.05, 0) is 26.0 Å². The zero-order valence-corrected chi connectivity index (χ0v) is 9.80. The van der Waals surface area contributed by atoms with Crippen LogP contribution in [-0.4, -0.2) is 16.2 Å². The van der Waals surface area contributed by atoms with Gasteiger partial charge in [-0.1, -0.05) is 5.16 Å². The third-order valence-electron chi connectivity index (χ3n) is 2.40. The zero-order chi connectivity index (χ0) is 11.7. The summed E-state index contributed by atoms with van der Waals surface area (Å²) in [6.45, 7) is 3.75. The fourth-order valence-corrected chi connectivity index (χ4v) is 2.37. The van der Waals surface area contributed by atoms with Gasteiger partial charge in [0, 0.05) is 16.9 Å². The van der Waals surface area contributed by atoms with Gasteiger partial charge in [0.15, 0.2) is 0 Å². The van der Waals surface area contributed by atoms with Gasteiger partial charge >= 0.3 is 5.97 Å². The first-order valence-electron chi connectivity index (χ1n) is 4.81. The standard InChI is InChI=1S/C11H11NO3S/c1-6-9(7(2)15-12-6)5-8-3-4-10(16-8)11(13)14/h3-4H,5H2,1-2H3,(H,13,14). The van der Waals surface area contributed by atoms with Crippen LogP contribution in [0.25, 0.3) is 0 Å². The van der Waals surface area contributed by atoms with E-state index in [0.717, 1.165) is 21.9 Å². The van der Waals surface area contributed by atoms with Crippen LogP contribution in [0.5, 0.6) is 0 Å². The van der Waals surface area contributed by atoms with Gasteiger partial charge in [-0.2, -0.15) is 0 Å². The molecule has 0 aliphatic rings. The predicted octanol–water partition coefficient (Wildman–Crippen LogP) is 2.64. The summed E-state index contributed by atoms with van der Waals surface area (Å²) in [6.07, 6.45) is 0.680. The molecule has 5 heteroatoms. The zero-order valence-electron chi connectivity index (χ0n) is 8.98. The number of nitrogens with zero attached hydrogens (tertiary/aromatic N) is 1. The van der Waals surface area contributed by atoms with Crippen molar-refractivity contribution in [2.75, 3.05) is 0 Å². The molecule has 16 heavy (non-hydrogen) atoms. The highest BCUT2D eigenvalue weighted by molar-refractivity contribution is 7.13. The van der Waals surface area contributed by atoms with Crippen LogP contribution in [0, 0.1) is 13.8 Å². The first kappa shape index (κ1) is 10.9. The number of hydrogen-bond acceptors (Lipinski definition) is 4. The summed E-state index contributed by atoms with van der Waals surface area (Å²) in [4.78, 5) is 12.1. The molecule has 0 saturated carbocycles. The topological polar surface area (TPSA) is 63.3 Å². The second-order valence-corrected chi connectivity index (χ2v) is 4.72. The molecule has 0 aliphatic carbocycles. The van der Waals surface area contributed by atoms with Gasteiger partial charge in [-0.25, -0.2) is 4.79 Å². The minimum atomic E-state index is -0.880. The van der Waals surface area contributed by atoms with Gasteiger partial charge in [-0.15, -0.1) is 11.3 Å². The molecule has 0 bridgehead atoms. The van der Waals surface area contributed by atoms with E-state index in [-0.39, 0.29) is 0 Å². The number of carboxylic acids is 1. The summed E-state index contributed by atoms with van der Waals surface area (Å²) in [6, 6.07) is 3.46. The van der Waals surface area contributed by atoms with Crippen molar-refractivity contribution in [2.45, 2.75) is 20.3 Å². The molecule has 0 amide bonds. The molecule has 0 fully saturated rings. The number of rotatable bonds is 3. The molecule has 2 heterocycles. The normalized spacial score (nSPS) is 10.6. The lowest BCUT2D eigenvalue weighted by Gasteiger charge is -1.95. The fourth-order valence-electron chi connectivity index (χ4n) is 1.52. The quantitative estimate of drug-likeness (QED) is 0.891. The van der Waals surface area contributed by atoms with E-state index in [4.69, 9.17) is 9.63 Å². The van der Waals surface area contributed by atoms with Crippen molar-refractivity contribution in [3.8, 4) is 0 Å². The highest BCUT2D eigenvalue weighted by Gasteiger charge is 2.12. The van der Waals surface area contributed by atoms with Crippen molar-refractivity contribution in [1.82, 2.24) is 5.16 Å². The number of hydrogen-bond donors (Lipinski definition) is 1. The average molecular weight is 237 g/mol. The minimum Gasteiger partial charge on any atom is -0.477 e. The third kappa shape index (κ3) is 1.99. The van der Waals surface area contributed by atoms with Crippen LogP contribution >= 0.6 is 11.3 Å². The molecule has 0 unspecified atom stereocenters. The highest BCUT2D eigenvalue weighted by Crippen LogP contribution is 2.23. The first-order chi connectivity index (χ1) is 7.58. The minimum absolute atomic E-state index is 0.363. The van der Waals surface area contributed by atoms with Crippen molar-refractivity contribution in [2.24, 2.45) is 0 Å². The monoisotopic (exact) mass is 237 g/mol. The van der Waals surface area contributed by atoms with E-state index in [2.05, 4.69) is 5.16 Å². The van der Waals surface area contributed by atoms with E-state index in [1.165, 1.54) is 11.3 Å². The maximum absolute atomic E-state index is 10.7. The molecule has 84 valence electrons. The van der Waals surface area contributed by atoms with Gasteiger partial charge in [0.2, 0.25) is 0 Å².